The highest BCUT2D eigenvalue weighted by Gasteiger charge is 2.08. The van der Waals surface area contributed by atoms with Crippen LogP contribution in [0.5, 0.6) is 6.01 Å². The van der Waals surface area contributed by atoms with E-state index in [-0.39, 0.29) is 12.0 Å². The Morgan fingerprint density at radius 1 is 1.40 bits per heavy atom. The number of hydrogen-bond acceptors (Lipinski definition) is 6. The predicted octanol–water partition coefficient (Wildman–Crippen LogP) is -0.0797. The summed E-state index contributed by atoms with van der Waals surface area (Å²) in [5, 5.41) is 0. The molecule has 0 spiro atoms. The largest absolute Gasteiger partial charge is 0.447 e. The van der Waals surface area contributed by atoms with Crippen LogP contribution >= 0.6 is 0 Å². The van der Waals surface area contributed by atoms with Gasteiger partial charge in [-0.05, 0) is 6.92 Å². The second kappa shape index (κ2) is 4.46. The summed E-state index contributed by atoms with van der Waals surface area (Å²) in [6.07, 6.45) is 4.77. The van der Waals surface area contributed by atoms with Crippen molar-refractivity contribution < 1.29 is 4.74 Å². The molecule has 0 saturated heterocycles. The highest BCUT2D eigenvalue weighted by Crippen LogP contribution is 2.11. The van der Waals surface area contributed by atoms with Gasteiger partial charge in [0.2, 0.25) is 11.9 Å². The zero-order chi connectivity index (χ0) is 11.4. The first-order valence-electron chi connectivity index (χ1n) is 4.34. The van der Waals surface area contributed by atoms with E-state index < -0.39 is 6.10 Å². The molecule has 1 aromatic heterocycles. The van der Waals surface area contributed by atoms with Crippen molar-refractivity contribution in [2.75, 3.05) is 24.7 Å². The topological polar surface area (TPSA) is 77.2 Å². The summed E-state index contributed by atoms with van der Waals surface area (Å²) in [7, 11) is 3.59. The summed E-state index contributed by atoms with van der Waals surface area (Å²) in [6.45, 7) is 1.72. The molecule has 0 aromatic carbocycles. The summed E-state index contributed by atoms with van der Waals surface area (Å²) < 4.78 is 5.23. The van der Waals surface area contributed by atoms with Gasteiger partial charge in [0.1, 0.15) is 0 Å². The third-order valence-corrected chi connectivity index (χ3v) is 1.54. The number of nitrogens with zero attached hydrogens (tertiary/aromatic N) is 4. The standard InChI is InChI=1S/C9H13N5O/c1-5-6(2)15-9-12-7(10)11-8(13-9)14(3)4/h1,6H,2-4H3,(H2,10,11,12,13). The molecular weight excluding hydrogens is 194 g/mol. The van der Waals surface area contributed by atoms with Crippen molar-refractivity contribution in [2.45, 2.75) is 13.0 Å². The Kier molecular flexibility index (Phi) is 3.29. The van der Waals surface area contributed by atoms with Gasteiger partial charge in [0, 0.05) is 14.1 Å². The van der Waals surface area contributed by atoms with Gasteiger partial charge in [-0.2, -0.15) is 15.0 Å². The molecule has 1 atom stereocenters. The molecule has 2 N–H and O–H groups in total. The van der Waals surface area contributed by atoms with E-state index in [1.807, 2.05) is 0 Å². The summed E-state index contributed by atoms with van der Waals surface area (Å²) in [5.74, 6) is 2.94. The zero-order valence-corrected chi connectivity index (χ0v) is 8.93. The first-order valence-corrected chi connectivity index (χ1v) is 4.34. The van der Waals surface area contributed by atoms with Gasteiger partial charge < -0.3 is 15.4 Å². The lowest BCUT2D eigenvalue weighted by molar-refractivity contribution is 0.256. The Hall–Kier alpha value is -2.03. The van der Waals surface area contributed by atoms with E-state index in [0.717, 1.165) is 0 Å². The molecule has 6 heteroatoms. The average molecular weight is 207 g/mol. The van der Waals surface area contributed by atoms with Crippen molar-refractivity contribution in [3.8, 4) is 18.4 Å². The summed E-state index contributed by atoms with van der Waals surface area (Å²) in [4.78, 5) is 13.5. The van der Waals surface area contributed by atoms with Gasteiger partial charge >= 0.3 is 6.01 Å². The molecular formula is C9H13N5O. The maximum absolute atomic E-state index is 5.49. The van der Waals surface area contributed by atoms with E-state index in [4.69, 9.17) is 16.9 Å². The van der Waals surface area contributed by atoms with Crippen molar-refractivity contribution in [1.29, 1.82) is 0 Å². The third-order valence-electron chi connectivity index (χ3n) is 1.54. The molecule has 0 radical (unpaired) electrons. The van der Waals surface area contributed by atoms with Crippen LogP contribution in [-0.2, 0) is 0 Å². The van der Waals surface area contributed by atoms with Gasteiger partial charge in [0.15, 0.2) is 6.10 Å². The molecule has 1 rings (SSSR count). The minimum absolute atomic E-state index is 0.105. The molecule has 0 aliphatic heterocycles. The average Bonchev–Trinajstić information content (AvgIpc) is 2.16. The summed E-state index contributed by atoms with van der Waals surface area (Å²) in [5.41, 5.74) is 5.49. The smallest absolute Gasteiger partial charge is 0.324 e. The van der Waals surface area contributed by atoms with Crippen molar-refractivity contribution in [3.05, 3.63) is 0 Å². The van der Waals surface area contributed by atoms with E-state index in [1.54, 1.807) is 25.9 Å². The normalized spacial score (nSPS) is 11.6. The summed E-state index contributed by atoms with van der Waals surface area (Å²) >= 11 is 0. The van der Waals surface area contributed by atoms with Gasteiger partial charge in [-0.3, -0.25) is 0 Å². The van der Waals surface area contributed by atoms with Crippen molar-refractivity contribution in [1.82, 2.24) is 15.0 Å². The van der Waals surface area contributed by atoms with Crippen molar-refractivity contribution >= 4 is 11.9 Å². The van der Waals surface area contributed by atoms with Crippen LogP contribution in [-0.4, -0.2) is 35.2 Å². The fraction of sp³-hybridized carbons (Fsp3) is 0.444. The molecule has 0 fully saturated rings. The van der Waals surface area contributed by atoms with Crippen LogP contribution < -0.4 is 15.4 Å². The second-order valence-electron chi connectivity index (χ2n) is 3.10. The van der Waals surface area contributed by atoms with Crippen LogP contribution in [0.3, 0.4) is 0 Å². The molecule has 15 heavy (non-hydrogen) atoms. The molecule has 6 nitrogen and oxygen atoms in total. The van der Waals surface area contributed by atoms with Crippen LogP contribution in [0, 0.1) is 12.3 Å². The van der Waals surface area contributed by atoms with Crippen molar-refractivity contribution in [3.63, 3.8) is 0 Å². The van der Waals surface area contributed by atoms with Crippen LogP contribution in [0.15, 0.2) is 0 Å². The maximum atomic E-state index is 5.49. The number of ether oxygens (including phenoxy) is 1. The van der Waals surface area contributed by atoms with E-state index in [9.17, 15) is 0 Å². The molecule has 80 valence electrons. The molecule has 0 saturated carbocycles. The lowest BCUT2D eigenvalue weighted by Crippen LogP contribution is -2.17. The van der Waals surface area contributed by atoms with Gasteiger partial charge in [-0.1, -0.05) is 5.92 Å². The van der Waals surface area contributed by atoms with Crippen LogP contribution in [0.25, 0.3) is 0 Å². The Balaban J connectivity index is 2.95. The number of nitrogen functional groups attached to an aromatic ring is 1. The monoisotopic (exact) mass is 207 g/mol. The lowest BCUT2D eigenvalue weighted by Gasteiger charge is -2.12. The molecule has 1 unspecified atom stereocenters. The summed E-state index contributed by atoms with van der Waals surface area (Å²) in [6, 6.07) is 0.136. The number of nitrogens with two attached hydrogens (primary N) is 1. The van der Waals surface area contributed by atoms with Gasteiger partial charge in [-0.25, -0.2) is 0 Å². The molecule has 0 aliphatic rings. The minimum atomic E-state index is -0.401. The number of hydrogen-bond donors (Lipinski definition) is 1. The van der Waals surface area contributed by atoms with Gasteiger partial charge in [-0.15, -0.1) is 6.42 Å². The molecule has 0 aliphatic carbocycles. The SMILES string of the molecule is C#CC(C)Oc1nc(N)nc(N(C)C)n1. The van der Waals surface area contributed by atoms with Crippen molar-refractivity contribution in [2.24, 2.45) is 0 Å². The fourth-order valence-corrected chi connectivity index (χ4v) is 0.806. The van der Waals surface area contributed by atoms with Gasteiger partial charge in [0.25, 0.3) is 0 Å². The predicted molar refractivity (Wildman–Crippen MR) is 57.5 cm³/mol. The van der Waals surface area contributed by atoms with Crippen LogP contribution in [0.4, 0.5) is 11.9 Å². The van der Waals surface area contributed by atoms with Gasteiger partial charge in [0.05, 0.1) is 0 Å². The second-order valence-corrected chi connectivity index (χ2v) is 3.10. The Labute approximate surface area is 88.5 Å². The van der Waals surface area contributed by atoms with E-state index in [2.05, 4.69) is 20.9 Å². The fourth-order valence-electron chi connectivity index (χ4n) is 0.806. The molecule has 0 amide bonds. The van der Waals surface area contributed by atoms with E-state index in [0.29, 0.717) is 5.95 Å². The van der Waals surface area contributed by atoms with E-state index >= 15 is 0 Å². The van der Waals surface area contributed by atoms with Crippen LogP contribution in [0.1, 0.15) is 6.92 Å². The van der Waals surface area contributed by atoms with E-state index in [1.165, 1.54) is 0 Å². The highest BCUT2D eigenvalue weighted by molar-refractivity contribution is 5.34. The molecule has 0 bridgehead atoms. The highest BCUT2D eigenvalue weighted by atomic mass is 16.5. The number of terminal acetylenes is 1. The Morgan fingerprint density at radius 3 is 2.60 bits per heavy atom. The lowest BCUT2D eigenvalue weighted by atomic mass is 10.4. The molecule has 1 heterocycles. The first kappa shape index (κ1) is 11.0. The minimum Gasteiger partial charge on any atom is -0.447 e. The maximum Gasteiger partial charge on any atom is 0.324 e. The Bertz CT molecular complexity index is 385. The zero-order valence-electron chi connectivity index (χ0n) is 8.93. The Morgan fingerprint density at radius 2 is 2.07 bits per heavy atom. The number of anilines is 2. The number of aromatic nitrogens is 3. The van der Waals surface area contributed by atoms with Crippen LogP contribution in [0.2, 0.25) is 0 Å². The number of rotatable bonds is 3. The first-order chi connectivity index (χ1) is 7.02. The molecule has 1 aromatic rings. The third kappa shape index (κ3) is 2.98. The quantitative estimate of drug-likeness (QED) is 0.698.